The molecule has 27 heavy (non-hydrogen) atoms. The number of thiazole rings is 1. The van der Waals surface area contributed by atoms with Gasteiger partial charge in [-0.2, -0.15) is 17.5 Å². The minimum absolute atomic E-state index is 0.149. The highest BCUT2D eigenvalue weighted by molar-refractivity contribution is 7.90. The smallest absolute Gasteiger partial charge is 0.357 e. The average molecular weight is 428 g/mol. The van der Waals surface area contributed by atoms with Crippen molar-refractivity contribution in [2.24, 2.45) is 4.99 Å². The Balaban J connectivity index is 1.93. The second-order valence-corrected chi connectivity index (χ2v) is 8.92. The lowest BCUT2D eigenvalue weighted by Gasteiger charge is -2.32. The Morgan fingerprint density at radius 2 is 2.04 bits per heavy atom. The molecule has 1 aliphatic heterocycles. The number of nitrogens with one attached hydrogen (secondary N) is 2. The summed E-state index contributed by atoms with van der Waals surface area (Å²) in [6.07, 6.45) is 1.42. The zero-order chi connectivity index (χ0) is 20.1. The Hall–Kier alpha value is -1.40. The summed E-state index contributed by atoms with van der Waals surface area (Å²) in [5.74, 6) is 0.542. The van der Waals surface area contributed by atoms with Crippen molar-refractivity contribution in [2.75, 3.05) is 19.6 Å². The van der Waals surface area contributed by atoms with Gasteiger partial charge in [0.2, 0.25) is 0 Å². The number of guanidine groups is 1. The zero-order valence-electron chi connectivity index (χ0n) is 15.2. The summed E-state index contributed by atoms with van der Waals surface area (Å²) in [6, 6.07) is -0.149. The second kappa shape index (κ2) is 9.20. The van der Waals surface area contributed by atoms with E-state index in [4.69, 9.17) is 0 Å². The van der Waals surface area contributed by atoms with E-state index in [9.17, 15) is 21.6 Å². The van der Waals surface area contributed by atoms with Crippen LogP contribution in [0.4, 0.5) is 13.2 Å². The van der Waals surface area contributed by atoms with E-state index in [1.54, 1.807) is 11.3 Å². The van der Waals surface area contributed by atoms with Crippen molar-refractivity contribution in [1.29, 1.82) is 0 Å². The topological polar surface area (TPSA) is 86.7 Å². The first-order chi connectivity index (χ1) is 12.7. The number of aryl methyl sites for hydroxylation is 1. The van der Waals surface area contributed by atoms with Gasteiger partial charge in [0.15, 0.2) is 5.96 Å². The van der Waals surface area contributed by atoms with Gasteiger partial charge in [-0.3, -0.25) is 0 Å². The molecule has 154 valence electrons. The van der Waals surface area contributed by atoms with Gasteiger partial charge in [0.05, 0.1) is 17.2 Å². The highest BCUT2D eigenvalue weighted by Gasteiger charge is 2.50. The lowest BCUT2D eigenvalue weighted by molar-refractivity contribution is -0.0494. The van der Waals surface area contributed by atoms with Crippen LogP contribution in [-0.2, 0) is 23.0 Å². The summed E-state index contributed by atoms with van der Waals surface area (Å²) >= 11 is 1.58. The van der Waals surface area contributed by atoms with E-state index in [2.05, 4.69) is 20.6 Å². The maximum atomic E-state index is 12.6. The number of hydrogen-bond acceptors (Lipinski definition) is 5. The summed E-state index contributed by atoms with van der Waals surface area (Å²) in [6.45, 7) is 4.61. The van der Waals surface area contributed by atoms with Crippen LogP contribution < -0.4 is 10.6 Å². The molecule has 2 rings (SSSR count). The van der Waals surface area contributed by atoms with E-state index >= 15 is 0 Å². The normalized spacial score (nSPS) is 17.9. The Bertz CT molecular complexity index is 741. The number of nitrogens with zero attached hydrogens (tertiary/aromatic N) is 3. The molecule has 0 atom stereocenters. The lowest BCUT2D eigenvalue weighted by Crippen LogP contribution is -2.51. The summed E-state index contributed by atoms with van der Waals surface area (Å²) < 4.78 is 61.3. The first-order valence-corrected chi connectivity index (χ1v) is 11.0. The first kappa shape index (κ1) is 21.9. The number of sulfonamides is 1. The molecule has 0 saturated carbocycles. The van der Waals surface area contributed by atoms with E-state index in [1.165, 1.54) is 0 Å². The molecule has 0 spiro atoms. The van der Waals surface area contributed by atoms with Crippen LogP contribution in [0, 0.1) is 0 Å². The molecule has 0 amide bonds. The number of piperidine rings is 1. The molecular weight excluding hydrogens is 403 g/mol. The average Bonchev–Trinajstić information content (AvgIpc) is 3.07. The predicted molar refractivity (Wildman–Crippen MR) is 99.0 cm³/mol. The standard InChI is InChI=1S/C15H24F3N5O2S2/c1-3-13-21-12(10-26-13)9-20-14(19-4-2)22-11-5-7-23(8-6-11)27(24,25)15(16,17)18/h10-11H,3-9H2,1-2H3,(H2,19,20,22). The number of aromatic nitrogens is 1. The third-order valence-corrected chi connectivity index (χ3v) is 6.74. The monoisotopic (exact) mass is 427 g/mol. The number of halogens is 3. The van der Waals surface area contributed by atoms with Crippen LogP contribution >= 0.6 is 11.3 Å². The van der Waals surface area contributed by atoms with E-state index in [0.29, 0.717) is 23.4 Å². The van der Waals surface area contributed by atoms with Gasteiger partial charge in [0.1, 0.15) is 0 Å². The summed E-state index contributed by atoms with van der Waals surface area (Å²) in [5.41, 5.74) is -4.39. The van der Waals surface area contributed by atoms with E-state index < -0.39 is 15.5 Å². The maximum Gasteiger partial charge on any atom is 0.511 e. The Morgan fingerprint density at radius 1 is 1.37 bits per heavy atom. The molecule has 1 saturated heterocycles. The molecule has 2 heterocycles. The molecule has 12 heteroatoms. The van der Waals surface area contributed by atoms with Crippen molar-refractivity contribution >= 4 is 27.3 Å². The van der Waals surface area contributed by atoms with E-state index in [1.807, 2.05) is 19.2 Å². The highest BCUT2D eigenvalue weighted by Crippen LogP contribution is 2.28. The number of rotatable bonds is 6. The van der Waals surface area contributed by atoms with Gasteiger partial charge in [-0.25, -0.2) is 18.4 Å². The Morgan fingerprint density at radius 3 is 2.56 bits per heavy atom. The first-order valence-electron chi connectivity index (χ1n) is 8.72. The Kier molecular flexibility index (Phi) is 7.46. The molecule has 0 bridgehead atoms. The van der Waals surface area contributed by atoms with Crippen LogP contribution in [0.25, 0.3) is 0 Å². The predicted octanol–water partition coefficient (Wildman–Crippen LogP) is 2.07. The van der Waals surface area contributed by atoms with Crippen molar-refractivity contribution in [1.82, 2.24) is 19.9 Å². The Labute approximate surface area is 161 Å². The molecule has 0 aromatic carbocycles. The fourth-order valence-corrected chi connectivity index (χ4v) is 4.36. The highest BCUT2D eigenvalue weighted by atomic mass is 32.2. The van der Waals surface area contributed by atoms with Crippen molar-refractivity contribution in [3.63, 3.8) is 0 Å². The number of aliphatic imine (C=N–C) groups is 1. The summed E-state index contributed by atoms with van der Waals surface area (Å²) in [4.78, 5) is 8.90. The van der Waals surface area contributed by atoms with Gasteiger partial charge in [-0.1, -0.05) is 6.92 Å². The van der Waals surface area contributed by atoms with Gasteiger partial charge in [-0.15, -0.1) is 11.3 Å². The van der Waals surface area contributed by atoms with Crippen molar-refractivity contribution < 1.29 is 21.6 Å². The van der Waals surface area contributed by atoms with Crippen LogP contribution in [0.2, 0.25) is 0 Å². The van der Waals surface area contributed by atoms with Crippen molar-refractivity contribution in [2.45, 2.75) is 51.2 Å². The van der Waals surface area contributed by atoms with Crippen LogP contribution in [0.3, 0.4) is 0 Å². The van der Waals surface area contributed by atoms with Crippen LogP contribution in [-0.4, -0.2) is 54.9 Å². The van der Waals surface area contributed by atoms with Gasteiger partial charge < -0.3 is 10.6 Å². The van der Waals surface area contributed by atoms with Crippen LogP contribution in [0.15, 0.2) is 10.4 Å². The summed E-state index contributed by atoms with van der Waals surface area (Å²) in [7, 11) is -5.26. The lowest BCUT2D eigenvalue weighted by atomic mass is 10.1. The van der Waals surface area contributed by atoms with Gasteiger partial charge in [0.25, 0.3) is 0 Å². The largest absolute Gasteiger partial charge is 0.511 e. The maximum absolute atomic E-state index is 12.6. The molecule has 0 unspecified atom stereocenters. The minimum Gasteiger partial charge on any atom is -0.357 e. The minimum atomic E-state index is -5.26. The second-order valence-electron chi connectivity index (χ2n) is 6.05. The molecule has 0 radical (unpaired) electrons. The van der Waals surface area contributed by atoms with Gasteiger partial charge >= 0.3 is 15.5 Å². The molecular formula is C15H24F3N5O2S2. The van der Waals surface area contributed by atoms with Crippen LogP contribution in [0.5, 0.6) is 0 Å². The van der Waals surface area contributed by atoms with Crippen LogP contribution in [0.1, 0.15) is 37.4 Å². The summed E-state index contributed by atoms with van der Waals surface area (Å²) in [5, 5.41) is 9.25. The SMILES string of the molecule is CCNC(=NCc1csc(CC)n1)NC1CCN(S(=O)(=O)C(F)(F)F)CC1. The van der Waals surface area contributed by atoms with E-state index in [0.717, 1.165) is 17.1 Å². The van der Waals surface area contributed by atoms with Crippen molar-refractivity contribution in [3.8, 4) is 0 Å². The quantitative estimate of drug-likeness (QED) is 0.536. The molecule has 7 nitrogen and oxygen atoms in total. The fourth-order valence-electron chi connectivity index (χ4n) is 2.64. The number of alkyl halides is 3. The number of hydrogen-bond donors (Lipinski definition) is 2. The molecule has 1 aliphatic rings. The third kappa shape index (κ3) is 5.79. The van der Waals surface area contributed by atoms with E-state index in [-0.39, 0.29) is 32.0 Å². The van der Waals surface area contributed by atoms with Gasteiger partial charge in [-0.05, 0) is 26.2 Å². The van der Waals surface area contributed by atoms with Gasteiger partial charge in [0, 0.05) is 31.1 Å². The zero-order valence-corrected chi connectivity index (χ0v) is 16.8. The molecule has 2 N–H and O–H groups in total. The molecule has 0 aliphatic carbocycles. The molecule has 1 aromatic heterocycles. The third-order valence-electron chi connectivity index (χ3n) is 4.07. The van der Waals surface area contributed by atoms with Crippen molar-refractivity contribution in [3.05, 3.63) is 16.1 Å². The molecule has 1 fully saturated rings. The fraction of sp³-hybridized carbons (Fsp3) is 0.733. The molecule has 1 aromatic rings.